The highest BCUT2D eigenvalue weighted by Gasteiger charge is 2.24. The highest BCUT2D eigenvalue weighted by atomic mass is 16.2. The summed E-state index contributed by atoms with van der Waals surface area (Å²) in [6, 6.07) is 2.23. The Morgan fingerprint density at radius 1 is 1.69 bits per heavy atom. The molecule has 5 heteroatoms. The number of hydrogen-bond donors (Lipinski definition) is 0. The second-order valence-electron chi connectivity index (χ2n) is 4.12. The maximum Gasteiger partial charge on any atom is 0.257 e. The van der Waals surface area contributed by atoms with Crippen LogP contribution in [-0.4, -0.2) is 33.7 Å². The summed E-state index contributed by atoms with van der Waals surface area (Å²) in [5.74, 6) is -0.0394. The van der Waals surface area contributed by atoms with E-state index < -0.39 is 0 Å². The van der Waals surface area contributed by atoms with Crippen LogP contribution in [0.5, 0.6) is 0 Å². The van der Waals surface area contributed by atoms with Crippen molar-refractivity contribution in [3.8, 4) is 6.07 Å². The first-order valence-electron chi connectivity index (χ1n) is 5.38. The molecular weight excluding hydrogens is 204 g/mol. The van der Waals surface area contributed by atoms with Crippen molar-refractivity contribution in [1.29, 1.82) is 5.26 Å². The summed E-state index contributed by atoms with van der Waals surface area (Å²) < 4.78 is 1.61. The van der Waals surface area contributed by atoms with Gasteiger partial charge in [-0.3, -0.25) is 9.48 Å². The van der Waals surface area contributed by atoms with Crippen LogP contribution in [-0.2, 0) is 7.05 Å². The van der Waals surface area contributed by atoms with Crippen molar-refractivity contribution >= 4 is 5.91 Å². The van der Waals surface area contributed by atoms with Crippen molar-refractivity contribution < 1.29 is 4.79 Å². The Morgan fingerprint density at radius 2 is 2.50 bits per heavy atom. The summed E-state index contributed by atoms with van der Waals surface area (Å²) in [6.07, 6.45) is 5.08. The van der Waals surface area contributed by atoms with Crippen LogP contribution in [0, 0.1) is 17.2 Å². The molecule has 2 rings (SSSR count). The lowest BCUT2D eigenvalue weighted by Gasteiger charge is -2.29. The van der Waals surface area contributed by atoms with Crippen molar-refractivity contribution in [3.63, 3.8) is 0 Å². The average Bonchev–Trinajstić information content (AvgIpc) is 2.75. The van der Waals surface area contributed by atoms with Gasteiger partial charge in [0.05, 0.1) is 23.7 Å². The number of rotatable bonds is 1. The Balaban J connectivity index is 2.08. The van der Waals surface area contributed by atoms with Crippen molar-refractivity contribution in [3.05, 3.63) is 18.0 Å². The molecule has 0 aliphatic carbocycles. The van der Waals surface area contributed by atoms with Gasteiger partial charge >= 0.3 is 0 Å². The van der Waals surface area contributed by atoms with Gasteiger partial charge in [-0.2, -0.15) is 10.4 Å². The second-order valence-corrected chi connectivity index (χ2v) is 4.12. The lowest BCUT2D eigenvalue weighted by Crippen LogP contribution is -2.39. The van der Waals surface area contributed by atoms with E-state index >= 15 is 0 Å². The molecule has 84 valence electrons. The summed E-state index contributed by atoms with van der Waals surface area (Å²) in [4.78, 5) is 13.8. The van der Waals surface area contributed by atoms with Gasteiger partial charge in [-0.05, 0) is 12.8 Å². The van der Waals surface area contributed by atoms with E-state index in [1.807, 2.05) is 0 Å². The Labute approximate surface area is 94.3 Å². The fourth-order valence-electron chi connectivity index (χ4n) is 1.98. The Kier molecular flexibility index (Phi) is 2.91. The molecule has 1 amide bonds. The first-order chi connectivity index (χ1) is 7.70. The van der Waals surface area contributed by atoms with Gasteiger partial charge in [-0.25, -0.2) is 0 Å². The van der Waals surface area contributed by atoms with E-state index in [-0.39, 0.29) is 11.8 Å². The zero-order valence-corrected chi connectivity index (χ0v) is 9.26. The van der Waals surface area contributed by atoms with Crippen LogP contribution in [0.4, 0.5) is 0 Å². The van der Waals surface area contributed by atoms with Crippen LogP contribution >= 0.6 is 0 Å². The molecule has 1 unspecified atom stereocenters. The van der Waals surface area contributed by atoms with Gasteiger partial charge in [0.25, 0.3) is 5.91 Å². The smallest absolute Gasteiger partial charge is 0.257 e. The van der Waals surface area contributed by atoms with Crippen molar-refractivity contribution in [2.45, 2.75) is 12.8 Å². The molecule has 1 aliphatic rings. The van der Waals surface area contributed by atoms with E-state index in [0.717, 1.165) is 19.4 Å². The molecule has 1 fully saturated rings. The van der Waals surface area contributed by atoms with E-state index in [0.29, 0.717) is 12.1 Å². The van der Waals surface area contributed by atoms with Crippen LogP contribution in [0.25, 0.3) is 0 Å². The number of carbonyl (C=O) groups is 1. The van der Waals surface area contributed by atoms with Gasteiger partial charge in [-0.15, -0.1) is 0 Å². The number of aryl methyl sites for hydroxylation is 1. The molecule has 1 saturated heterocycles. The van der Waals surface area contributed by atoms with Crippen LogP contribution in [0.1, 0.15) is 23.2 Å². The molecule has 1 aromatic rings. The number of nitriles is 1. The normalized spacial score (nSPS) is 20.5. The third-order valence-electron chi connectivity index (χ3n) is 2.84. The summed E-state index contributed by atoms with van der Waals surface area (Å²) in [6.45, 7) is 1.29. The Hall–Kier alpha value is -1.83. The maximum atomic E-state index is 12.0. The zero-order valence-electron chi connectivity index (χ0n) is 9.26. The molecule has 0 bridgehead atoms. The topological polar surface area (TPSA) is 61.9 Å². The van der Waals surface area contributed by atoms with E-state index in [9.17, 15) is 4.79 Å². The summed E-state index contributed by atoms with van der Waals surface area (Å²) in [5, 5.41) is 12.8. The van der Waals surface area contributed by atoms with Crippen molar-refractivity contribution in [2.24, 2.45) is 13.0 Å². The van der Waals surface area contributed by atoms with E-state index in [4.69, 9.17) is 5.26 Å². The van der Waals surface area contributed by atoms with E-state index in [1.165, 1.54) is 0 Å². The minimum Gasteiger partial charge on any atom is -0.337 e. The maximum absolute atomic E-state index is 12.0. The standard InChI is InChI=1S/C11H14N4O/c1-14-8-10(6-13-14)11(16)15-4-2-3-9(5-12)7-15/h6,8-9H,2-4,7H2,1H3. The van der Waals surface area contributed by atoms with Gasteiger partial charge in [0.1, 0.15) is 0 Å². The molecule has 0 radical (unpaired) electrons. The minimum absolute atomic E-state index is 0.0191. The van der Waals surface area contributed by atoms with Crippen LogP contribution < -0.4 is 0 Å². The molecule has 2 heterocycles. The van der Waals surface area contributed by atoms with Gasteiger partial charge in [0, 0.05) is 26.3 Å². The van der Waals surface area contributed by atoms with Crippen molar-refractivity contribution in [1.82, 2.24) is 14.7 Å². The highest BCUT2D eigenvalue weighted by molar-refractivity contribution is 5.93. The highest BCUT2D eigenvalue weighted by Crippen LogP contribution is 2.17. The van der Waals surface area contributed by atoms with E-state index in [2.05, 4.69) is 11.2 Å². The third kappa shape index (κ3) is 2.06. The molecule has 0 spiro atoms. The van der Waals surface area contributed by atoms with Crippen LogP contribution in [0.2, 0.25) is 0 Å². The molecule has 16 heavy (non-hydrogen) atoms. The lowest BCUT2D eigenvalue weighted by atomic mass is 9.99. The molecule has 5 nitrogen and oxygen atoms in total. The minimum atomic E-state index is -0.0203. The average molecular weight is 218 g/mol. The van der Waals surface area contributed by atoms with Crippen LogP contribution in [0.3, 0.4) is 0 Å². The van der Waals surface area contributed by atoms with Gasteiger partial charge in [-0.1, -0.05) is 0 Å². The van der Waals surface area contributed by atoms with Gasteiger partial charge in [0.15, 0.2) is 0 Å². The Morgan fingerprint density at radius 3 is 3.12 bits per heavy atom. The number of carbonyl (C=O) groups excluding carboxylic acids is 1. The quantitative estimate of drug-likeness (QED) is 0.700. The molecule has 1 atom stereocenters. The largest absolute Gasteiger partial charge is 0.337 e. The summed E-state index contributed by atoms with van der Waals surface area (Å²) in [7, 11) is 1.78. The number of nitrogens with zero attached hydrogens (tertiary/aromatic N) is 4. The molecule has 1 aromatic heterocycles. The molecular formula is C11H14N4O. The zero-order chi connectivity index (χ0) is 11.5. The number of aromatic nitrogens is 2. The molecule has 0 saturated carbocycles. The number of hydrogen-bond acceptors (Lipinski definition) is 3. The summed E-state index contributed by atoms with van der Waals surface area (Å²) in [5.41, 5.74) is 0.598. The van der Waals surface area contributed by atoms with Gasteiger partial charge < -0.3 is 4.90 Å². The first-order valence-corrected chi connectivity index (χ1v) is 5.38. The molecule has 1 aliphatic heterocycles. The van der Waals surface area contributed by atoms with E-state index in [1.54, 1.807) is 29.0 Å². The third-order valence-corrected chi connectivity index (χ3v) is 2.84. The summed E-state index contributed by atoms with van der Waals surface area (Å²) >= 11 is 0. The van der Waals surface area contributed by atoms with Gasteiger partial charge in [0.2, 0.25) is 0 Å². The Bertz CT molecular complexity index is 431. The monoisotopic (exact) mass is 218 g/mol. The SMILES string of the molecule is Cn1cc(C(=O)N2CCCC(C#N)C2)cn1. The fraction of sp³-hybridized carbons (Fsp3) is 0.545. The number of likely N-dealkylation sites (tertiary alicyclic amines) is 1. The first kappa shape index (κ1) is 10.7. The fourth-order valence-corrected chi connectivity index (χ4v) is 1.98. The predicted molar refractivity (Wildman–Crippen MR) is 57.4 cm³/mol. The molecule has 0 N–H and O–H groups in total. The number of piperidine rings is 1. The lowest BCUT2D eigenvalue weighted by molar-refractivity contribution is 0.0698. The number of amides is 1. The van der Waals surface area contributed by atoms with Crippen molar-refractivity contribution in [2.75, 3.05) is 13.1 Å². The van der Waals surface area contributed by atoms with Crippen LogP contribution in [0.15, 0.2) is 12.4 Å². The molecule has 0 aromatic carbocycles. The predicted octanol–water partition coefficient (Wildman–Crippen LogP) is 0.796. The second kappa shape index (κ2) is 4.35.